The predicted octanol–water partition coefficient (Wildman–Crippen LogP) is 2.94. The van der Waals surface area contributed by atoms with Crippen molar-refractivity contribution in [2.24, 2.45) is 5.84 Å². The van der Waals surface area contributed by atoms with E-state index in [0.717, 1.165) is 11.4 Å². The second-order valence-corrected chi connectivity index (χ2v) is 5.14. The highest BCUT2D eigenvalue weighted by Gasteiger charge is 2.14. The molecule has 0 aliphatic carbocycles. The minimum atomic E-state index is -0.278. The average Bonchev–Trinajstić information content (AvgIpc) is 2.47. The summed E-state index contributed by atoms with van der Waals surface area (Å²) < 4.78 is 0. The molecular weight excluding hydrogens is 288 g/mol. The van der Waals surface area contributed by atoms with Gasteiger partial charge in [0.15, 0.2) is 0 Å². The van der Waals surface area contributed by atoms with Gasteiger partial charge in [0.2, 0.25) is 0 Å². The van der Waals surface area contributed by atoms with Gasteiger partial charge in [-0.25, -0.2) is 0 Å². The molecule has 0 aliphatic heterocycles. The maximum atomic E-state index is 12.4. The van der Waals surface area contributed by atoms with Crippen molar-refractivity contribution >= 4 is 34.6 Å². The number of anilines is 3. The molecule has 0 bridgehead atoms. The number of nitrogens with one attached hydrogen (secondary N) is 2. The molecule has 0 heterocycles. The van der Waals surface area contributed by atoms with Crippen LogP contribution < -0.4 is 21.5 Å². The highest BCUT2D eigenvalue weighted by atomic mass is 35.5. The van der Waals surface area contributed by atoms with Gasteiger partial charge in [-0.2, -0.15) is 0 Å². The van der Waals surface area contributed by atoms with E-state index in [-0.39, 0.29) is 5.91 Å². The summed E-state index contributed by atoms with van der Waals surface area (Å²) in [5.74, 6) is 5.15. The highest BCUT2D eigenvalue weighted by molar-refractivity contribution is 6.31. The Morgan fingerprint density at radius 1 is 1.14 bits per heavy atom. The lowest BCUT2D eigenvalue weighted by Gasteiger charge is -2.18. The number of rotatable bonds is 4. The van der Waals surface area contributed by atoms with Gasteiger partial charge in [-0.1, -0.05) is 23.7 Å². The van der Waals surface area contributed by atoms with Crippen LogP contribution in [0.25, 0.3) is 0 Å². The van der Waals surface area contributed by atoms with Gasteiger partial charge < -0.3 is 15.6 Å². The number of hydrogen-bond acceptors (Lipinski definition) is 4. The van der Waals surface area contributed by atoms with Crippen molar-refractivity contribution in [1.82, 2.24) is 0 Å². The van der Waals surface area contributed by atoms with Crippen molar-refractivity contribution in [1.29, 1.82) is 0 Å². The molecule has 1 amide bonds. The third-order valence-electron chi connectivity index (χ3n) is 3.02. The van der Waals surface area contributed by atoms with Crippen molar-refractivity contribution < 1.29 is 4.79 Å². The quantitative estimate of drug-likeness (QED) is 0.600. The second-order valence-electron chi connectivity index (χ2n) is 4.70. The van der Waals surface area contributed by atoms with Gasteiger partial charge in [-0.3, -0.25) is 10.6 Å². The lowest BCUT2D eigenvalue weighted by molar-refractivity contribution is 0.102. The number of halogens is 1. The molecule has 4 N–H and O–H groups in total. The third kappa shape index (κ3) is 3.45. The minimum Gasteiger partial charge on any atom is -0.376 e. The van der Waals surface area contributed by atoms with Crippen LogP contribution in [0.15, 0.2) is 42.5 Å². The number of nitrogens with two attached hydrogens (primary N) is 1. The van der Waals surface area contributed by atoms with Crippen LogP contribution in [0.3, 0.4) is 0 Å². The molecule has 21 heavy (non-hydrogen) atoms. The Morgan fingerprint density at radius 2 is 1.86 bits per heavy atom. The molecule has 110 valence electrons. The van der Waals surface area contributed by atoms with Gasteiger partial charge in [0.25, 0.3) is 5.91 Å². The number of hydrogen-bond donors (Lipinski definition) is 3. The topological polar surface area (TPSA) is 70.4 Å². The van der Waals surface area contributed by atoms with Crippen LogP contribution in [0.1, 0.15) is 10.4 Å². The van der Waals surface area contributed by atoms with Gasteiger partial charge in [-0.05, 0) is 30.3 Å². The number of amides is 1. The van der Waals surface area contributed by atoms with Crippen molar-refractivity contribution in [2.75, 3.05) is 29.7 Å². The summed E-state index contributed by atoms with van der Waals surface area (Å²) in [6.07, 6.45) is 0. The predicted molar refractivity (Wildman–Crippen MR) is 88.0 cm³/mol. The van der Waals surface area contributed by atoms with Crippen LogP contribution in [-0.4, -0.2) is 20.0 Å². The van der Waals surface area contributed by atoms with Gasteiger partial charge >= 0.3 is 0 Å². The first-order valence-corrected chi connectivity index (χ1v) is 6.74. The SMILES string of the molecule is CN(C)c1ccccc1NC(=O)c1cc(Cl)ccc1NN. The number of nitrogen functional groups attached to an aromatic ring is 1. The van der Waals surface area contributed by atoms with Crippen molar-refractivity contribution in [2.45, 2.75) is 0 Å². The van der Waals surface area contributed by atoms with Crippen molar-refractivity contribution in [3.8, 4) is 0 Å². The molecule has 5 nitrogen and oxygen atoms in total. The molecule has 0 radical (unpaired) electrons. The first-order chi connectivity index (χ1) is 10.0. The summed E-state index contributed by atoms with van der Waals surface area (Å²) in [6.45, 7) is 0. The van der Waals surface area contributed by atoms with Crippen LogP contribution in [0.2, 0.25) is 5.02 Å². The van der Waals surface area contributed by atoms with E-state index in [4.69, 9.17) is 17.4 Å². The molecule has 0 aromatic heterocycles. The smallest absolute Gasteiger partial charge is 0.257 e. The number of para-hydroxylation sites is 2. The Hall–Kier alpha value is -2.24. The maximum Gasteiger partial charge on any atom is 0.257 e. The first-order valence-electron chi connectivity index (χ1n) is 6.37. The van der Waals surface area contributed by atoms with Crippen molar-refractivity contribution in [3.63, 3.8) is 0 Å². The molecule has 0 saturated heterocycles. The first kappa shape index (κ1) is 15.2. The van der Waals surface area contributed by atoms with Crippen molar-refractivity contribution in [3.05, 3.63) is 53.1 Å². The van der Waals surface area contributed by atoms with E-state index >= 15 is 0 Å². The molecule has 6 heteroatoms. The fourth-order valence-electron chi connectivity index (χ4n) is 1.99. The zero-order valence-electron chi connectivity index (χ0n) is 11.9. The standard InChI is InChI=1S/C15H17ClN4O/c1-20(2)14-6-4-3-5-13(14)18-15(21)11-9-10(16)7-8-12(11)19-17/h3-9,19H,17H2,1-2H3,(H,18,21). The Kier molecular flexibility index (Phi) is 4.67. The zero-order valence-corrected chi connectivity index (χ0v) is 12.6. The van der Waals surface area contributed by atoms with Gasteiger partial charge in [0.05, 0.1) is 22.6 Å². The summed E-state index contributed by atoms with van der Waals surface area (Å²) >= 11 is 5.95. The van der Waals surface area contributed by atoms with E-state index in [1.54, 1.807) is 18.2 Å². The molecule has 0 spiro atoms. The average molecular weight is 305 g/mol. The lowest BCUT2D eigenvalue weighted by Crippen LogP contribution is -2.19. The molecule has 0 aliphatic rings. The fourth-order valence-corrected chi connectivity index (χ4v) is 2.16. The molecule has 0 saturated carbocycles. The van der Waals surface area contributed by atoms with Gasteiger partial charge in [-0.15, -0.1) is 0 Å². The molecular formula is C15H17ClN4O. The third-order valence-corrected chi connectivity index (χ3v) is 3.25. The lowest BCUT2D eigenvalue weighted by atomic mass is 10.1. The summed E-state index contributed by atoms with van der Waals surface area (Å²) in [4.78, 5) is 14.4. The monoisotopic (exact) mass is 304 g/mol. The second kappa shape index (κ2) is 6.47. The fraction of sp³-hybridized carbons (Fsp3) is 0.133. The zero-order chi connectivity index (χ0) is 15.4. The van der Waals surface area contributed by atoms with E-state index in [1.807, 2.05) is 43.3 Å². The van der Waals surface area contributed by atoms with Crippen LogP contribution in [0, 0.1) is 0 Å². The molecule has 2 aromatic carbocycles. The van der Waals surface area contributed by atoms with E-state index < -0.39 is 0 Å². The molecule has 0 unspecified atom stereocenters. The van der Waals surface area contributed by atoms with Gasteiger partial charge in [0.1, 0.15) is 0 Å². The molecule has 0 atom stereocenters. The summed E-state index contributed by atoms with van der Waals surface area (Å²) in [5, 5.41) is 3.35. The summed E-state index contributed by atoms with van der Waals surface area (Å²) in [6, 6.07) is 12.4. The van der Waals surface area contributed by atoms with E-state index in [0.29, 0.717) is 16.3 Å². The Labute approximate surface area is 128 Å². The Balaban J connectivity index is 2.33. The molecule has 0 fully saturated rings. The van der Waals surface area contributed by atoms with E-state index in [9.17, 15) is 4.79 Å². The van der Waals surface area contributed by atoms with Crippen LogP contribution in [0.4, 0.5) is 17.1 Å². The number of carbonyl (C=O) groups is 1. The molecule has 2 rings (SSSR count). The maximum absolute atomic E-state index is 12.4. The highest BCUT2D eigenvalue weighted by Crippen LogP contribution is 2.26. The molecule has 2 aromatic rings. The van der Waals surface area contributed by atoms with E-state index in [1.165, 1.54) is 0 Å². The number of benzene rings is 2. The summed E-state index contributed by atoms with van der Waals surface area (Å²) in [5.41, 5.74) is 5.03. The Bertz CT molecular complexity index is 658. The Morgan fingerprint density at radius 3 is 2.52 bits per heavy atom. The number of nitrogens with zero attached hydrogens (tertiary/aromatic N) is 1. The number of hydrazine groups is 1. The largest absolute Gasteiger partial charge is 0.376 e. The summed E-state index contributed by atoms with van der Waals surface area (Å²) in [7, 11) is 3.83. The van der Waals surface area contributed by atoms with E-state index in [2.05, 4.69) is 10.7 Å². The minimum absolute atomic E-state index is 0.278. The van der Waals surface area contributed by atoms with Gasteiger partial charge in [0, 0.05) is 19.1 Å². The van der Waals surface area contributed by atoms with Crippen LogP contribution in [0.5, 0.6) is 0 Å². The number of carbonyl (C=O) groups excluding carboxylic acids is 1. The normalized spacial score (nSPS) is 10.1. The van der Waals surface area contributed by atoms with Crippen LogP contribution in [-0.2, 0) is 0 Å². The van der Waals surface area contributed by atoms with Crippen LogP contribution >= 0.6 is 11.6 Å².